The van der Waals surface area contributed by atoms with Crippen LogP contribution in [0.3, 0.4) is 0 Å². The predicted octanol–water partition coefficient (Wildman–Crippen LogP) is 2.08. The third-order valence-corrected chi connectivity index (χ3v) is 6.19. The quantitative estimate of drug-likeness (QED) is 0.646. The molecule has 3 N–H and O–H groups in total. The summed E-state index contributed by atoms with van der Waals surface area (Å²) < 4.78 is 5.16. The van der Waals surface area contributed by atoms with Gasteiger partial charge in [-0.3, -0.25) is 19.7 Å². The van der Waals surface area contributed by atoms with E-state index in [1.165, 1.54) is 7.11 Å². The average Bonchev–Trinajstić information content (AvgIpc) is 3.23. The van der Waals surface area contributed by atoms with Gasteiger partial charge in [-0.2, -0.15) is 0 Å². The molecular formula is C22H22N2O6. The van der Waals surface area contributed by atoms with Gasteiger partial charge >= 0.3 is 5.97 Å². The van der Waals surface area contributed by atoms with Crippen molar-refractivity contribution < 1.29 is 29.3 Å². The molecule has 4 atom stereocenters. The number of para-hydroxylation sites is 2. The number of rotatable bonds is 5. The molecule has 2 aliphatic heterocycles. The first-order chi connectivity index (χ1) is 14.4. The number of amides is 2. The summed E-state index contributed by atoms with van der Waals surface area (Å²) in [5, 5.41) is 23.8. The van der Waals surface area contributed by atoms with Crippen LogP contribution in [-0.4, -0.2) is 40.6 Å². The lowest BCUT2D eigenvalue weighted by Crippen LogP contribution is -2.55. The first kappa shape index (κ1) is 19.9. The predicted molar refractivity (Wildman–Crippen MR) is 107 cm³/mol. The van der Waals surface area contributed by atoms with E-state index in [4.69, 9.17) is 4.74 Å². The SMILES string of the molecule is CC[C@]1(C(=O)O)N[C@H](c2cccc(OC)c2O)[C@@H]2C(=O)N(c3ccccc3)C(=O)[C@H]21. The number of phenolic OH excluding ortho intramolecular Hbond substituents is 1. The van der Waals surface area contributed by atoms with Crippen LogP contribution in [0.1, 0.15) is 24.9 Å². The summed E-state index contributed by atoms with van der Waals surface area (Å²) in [6.45, 7) is 1.66. The number of carbonyl (C=O) groups excluding carboxylic acids is 2. The number of ether oxygens (including phenoxy) is 1. The number of hydrogen-bond acceptors (Lipinski definition) is 6. The number of phenols is 1. The number of aromatic hydroxyl groups is 1. The van der Waals surface area contributed by atoms with Crippen molar-refractivity contribution in [3.63, 3.8) is 0 Å². The van der Waals surface area contributed by atoms with E-state index in [-0.39, 0.29) is 17.9 Å². The topological polar surface area (TPSA) is 116 Å². The average molecular weight is 410 g/mol. The molecule has 0 radical (unpaired) electrons. The number of benzene rings is 2. The van der Waals surface area contributed by atoms with E-state index in [9.17, 15) is 24.6 Å². The molecule has 4 rings (SSSR count). The molecule has 0 unspecified atom stereocenters. The smallest absolute Gasteiger partial charge is 0.324 e. The Labute approximate surface area is 173 Å². The van der Waals surface area contributed by atoms with Gasteiger partial charge in [-0.15, -0.1) is 0 Å². The van der Waals surface area contributed by atoms with E-state index >= 15 is 0 Å². The van der Waals surface area contributed by atoms with Gasteiger partial charge in [-0.1, -0.05) is 37.3 Å². The summed E-state index contributed by atoms with van der Waals surface area (Å²) in [7, 11) is 1.40. The molecule has 2 amide bonds. The molecular weight excluding hydrogens is 388 g/mol. The number of aliphatic carboxylic acids is 1. The van der Waals surface area contributed by atoms with Crippen molar-refractivity contribution in [3.8, 4) is 11.5 Å². The minimum absolute atomic E-state index is 0.0897. The Kier molecular flexibility index (Phi) is 4.74. The molecule has 2 heterocycles. The van der Waals surface area contributed by atoms with E-state index in [1.54, 1.807) is 55.5 Å². The molecule has 0 aliphatic carbocycles. The van der Waals surface area contributed by atoms with Crippen LogP contribution in [0.4, 0.5) is 5.69 Å². The molecule has 2 aromatic carbocycles. The number of carboxylic acids is 1. The van der Waals surface area contributed by atoms with Crippen molar-refractivity contribution in [2.75, 3.05) is 12.0 Å². The zero-order valence-electron chi connectivity index (χ0n) is 16.5. The highest BCUT2D eigenvalue weighted by Gasteiger charge is 2.68. The second-order valence-corrected chi connectivity index (χ2v) is 7.50. The van der Waals surface area contributed by atoms with Gasteiger partial charge in [0, 0.05) is 11.6 Å². The van der Waals surface area contributed by atoms with E-state index < -0.39 is 41.2 Å². The second-order valence-electron chi connectivity index (χ2n) is 7.50. The van der Waals surface area contributed by atoms with Crippen molar-refractivity contribution in [2.45, 2.75) is 24.9 Å². The van der Waals surface area contributed by atoms with E-state index in [0.29, 0.717) is 11.3 Å². The van der Waals surface area contributed by atoms with Crippen LogP contribution in [0, 0.1) is 11.8 Å². The lowest BCUT2D eigenvalue weighted by atomic mass is 9.78. The Morgan fingerprint density at radius 1 is 1.13 bits per heavy atom. The van der Waals surface area contributed by atoms with E-state index in [0.717, 1.165) is 4.90 Å². The van der Waals surface area contributed by atoms with Crippen molar-refractivity contribution in [3.05, 3.63) is 54.1 Å². The van der Waals surface area contributed by atoms with Crippen LogP contribution in [0.25, 0.3) is 0 Å². The van der Waals surface area contributed by atoms with Gasteiger partial charge in [0.25, 0.3) is 0 Å². The normalized spacial score (nSPS) is 27.9. The van der Waals surface area contributed by atoms with Crippen LogP contribution in [0.15, 0.2) is 48.5 Å². The van der Waals surface area contributed by atoms with Crippen molar-refractivity contribution in [1.82, 2.24) is 5.32 Å². The van der Waals surface area contributed by atoms with Crippen LogP contribution < -0.4 is 15.0 Å². The third kappa shape index (κ3) is 2.60. The van der Waals surface area contributed by atoms with Crippen LogP contribution >= 0.6 is 0 Å². The number of nitrogens with one attached hydrogen (secondary N) is 1. The van der Waals surface area contributed by atoms with Crippen molar-refractivity contribution >= 4 is 23.5 Å². The number of anilines is 1. The largest absolute Gasteiger partial charge is 0.504 e. The minimum Gasteiger partial charge on any atom is -0.504 e. The molecule has 8 nitrogen and oxygen atoms in total. The lowest BCUT2D eigenvalue weighted by Gasteiger charge is -2.30. The standard InChI is InChI=1S/C22H22N2O6/c1-3-22(21(28)29)16-15(17(23-22)13-10-7-11-14(30-2)18(13)25)19(26)24(20(16)27)12-8-5-4-6-9-12/h4-11,15-17,23,25H,3H2,1-2H3,(H,28,29)/t15-,16+,17-,22+/m1/s1. The monoisotopic (exact) mass is 410 g/mol. The molecule has 0 spiro atoms. The highest BCUT2D eigenvalue weighted by molar-refractivity contribution is 6.24. The summed E-state index contributed by atoms with van der Waals surface area (Å²) >= 11 is 0. The fraction of sp³-hybridized carbons (Fsp3) is 0.318. The number of nitrogens with zero attached hydrogens (tertiary/aromatic N) is 1. The fourth-order valence-corrected chi connectivity index (χ4v) is 4.73. The molecule has 0 saturated carbocycles. The maximum Gasteiger partial charge on any atom is 0.324 e. The number of hydrogen-bond donors (Lipinski definition) is 3. The Balaban J connectivity index is 1.88. The summed E-state index contributed by atoms with van der Waals surface area (Å²) in [5.74, 6) is -4.33. The lowest BCUT2D eigenvalue weighted by molar-refractivity contribution is -0.149. The summed E-state index contributed by atoms with van der Waals surface area (Å²) in [6, 6.07) is 12.4. The van der Waals surface area contributed by atoms with Gasteiger partial charge in [0.05, 0.1) is 24.6 Å². The molecule has 0 bridgehead atoms. The maximum absolute atomic E-state index is 13.4. The molecule has 0 aromatic heterocycles. The Hall–Kier alpha value is -3.39. The highest BCUT2D eigenvalue weighted by atomic mass is 16.5. The molecule has 30 heavy (non-hydrogen) atoms. The van der Waals surface area contributed by atoms with Gasteiger partial charge in [0.1, 0.15) is 5.54 Å². The fourth-order valence-electron chi connectivity index (χ4n) is 4.73. The molecule has 156 valence electrons. The summed E-state index contributed by atoms with van der Waals surface area (Å²) in [4.78, 5) is 40.2. The number of carboxylic acid groups (broad SMARTS) is 1. The van der Waals surface area contributed by atoms with E-state index in [2.05, 4.69) is 5.32 Å². The van der Waals surface area contributed by atoms with Gasteiger partial charge in [0.15, 0.2) is 11.5 Å². The number of imide groups is 1. The Morgan fingerprint density at radius 2 is 1.83 bits per heavy atom. The third-order valence-electron chi connectivity index (χ3n) is 6.19. The first-order valence-corrected chi connectivity index (χ1v) is 9.67. The zero-order chi connectivity index (χ0) is 21.6. The minimum atomic E-state index is -1.64. The molecule has 2 saturated heterocycles. The zero-order valence-corrected chi connectivity index (χ0v) is 16.5. The number of fused-ring (bicyclic) bond motifs is 1. The summed E-state index contributed by atoms with van der Waals surface area (Å²) in [5.41, 5.74) is -0.927. The summed E-state index contributed by atoms with van der Waals surface area (Å²) in [6.07, 6.45) is 0.0897. The second kappa shape index (κ2) is 7.14. The van der Waals surface area contributed by atoms with Gasteiger partial charge in [0.2, 0.25) is 11.8 Å². The van der Waals surface area contributed by atoms with Crippen LogP contribution in [-0.2, 0) is 14.4 Å². The van der Waals surface area contributed by atoms with E-state index in [1.807, 2.05) is 0 Å². The number of methoxy groups -OCH3 is 1. The molecule has 2 aromatic rings. The van der Waals surface area contributed by atoms with Gasteiger partial charge in [-0.25, -0.2) is 4.90 Å². The Morgan fingerprint density at radius 3 is 2.43 bits per heavy atom. The van der Waals surface area contributed by atoms with Crippen LogP contribution in [0.5, 0.6) is 11.5 Å². The van der Waals surface area contributed by atoms with Crippen molar-refractivity contribution in [1.29, 1.82) is 0 Å². The maximum atomic E-state index is 13.4. The molecule has 8 heteroatoms. The molecule has 2 aliphatic rings. The van der Waals surface area contributed by atoms with Crippen LogP contribution in [0.2, 0.25) is 0 Å². The number of carbonyl (C=O) groups is 3. The van der Waals surface area contributed by atoms with Gasteiger partial charge in [-0.05, 0) is 24.6 Å². The van der Waals surface area contributed by atoms with Crippen molar-refractivity contribution in [2.24, 2.45) is 11.8 Å². The first-order valence-electron chi connectivity index (χ1n) is 9.67. The van der Waals surface area contributed by atoms with Gasteiger partial charge < -0.3 is 14.9 Å². The highest BCUT2D eigenvalue weighted by Crippen LogP contribution is 2.52. The molecule has 2 fully saturated rings. The Bertz CT molecular complexity index is 1020.